The SMILES string of the molecule is CC(C)(C)NC(=O)NCc1cc2n(n1)CCCN(S(C)(=O)=O)C2. The van der Waals surface area contributed by atoms with Crippen LogP contribution in [-0.2, 0) is 29.7 Å². The summed E-state index contributed by atoms with van der Waals surface area (Å²) in [7, 11) is -3.22. The molecule has 0 saturated carbocycles. The maximum Gasteiger partial charge on any atom is 0.315 e. The number of rotatable bonds is 3. The molecule has 0 radical (unpaired) electrons. The molecular weight excluding hydrogens is 318 g/mol. The summed E-state index contributed by atoms with van der Waals surface area (Å²) in [6.07, 6.45) is 1.94. The van der Waals surface area contributed by atoms with Gasteiger partial charge in [-0.05, 0) is 33.3 Å². The average Bonchev–Trinajstić information content (AvgIpc) is 2.64. The Bertz CT molecular complexity index is 675. The number of amides is 2. The minimum Gasteiger partial charge on any atom is -0.334 e. The van der Waals surface area contributed by atoms with E-state index in [0.29, 0.717) is 26.2 Å². The second-order valence-corrected chi connectivity index (χ2v) is 8.84. The number of sulfonamides is 1. The highest BCUT2D eigenvalue weighted by molar-refractivity contribution is 7.88. The van der Waals surface area contributed by atoms with E-state index in [1.807, 2.05) is 31.5 Å². The number of aromatic nitrogens is 2. The van der Waals surface area contributed by atoms with Gasteiger partial charge in [-0.1, -0.05) is 0 Å². The van der Waals surface area contributed by atoms with Crippen molar-refractivity contribution < 1.29 is 13.2 Å². The lowest BCUT2D eigenvalue weighted by Gasteiger charge is -2.20. The molecule has 2 rings (SSSR count). The van der Waals surface area contributed by atoms with Crippen molar-refractivity contribution in [2.24, 2.45) is 0 Å². The van der Waals surface area contributed by atoms with Crippen molar-refractivity contribution in [2.45, 2.75) is 52.4 Å². The molecule has 9 heteroatoms. The van der Waals surface area contributed by atoms with Gasteiger partial charge in [0.15, 0.2) is 0 Å². The summed E-state index contributed by atoms with van der Waals surface area (Å²) < 4.78 is 26.7. The van der Waals surface area contributed by atoms with E-state index in [0.717, 1.165) is 17.8 Å². The van der Waals surface area contributed by atoms with E-state index in [9.17, 15) is 13.2 Å². The molecule has 1 aliphatic heterocycles. The van der Waals surface area contributed by atoms with Gasteiger partial charge < -0.3 is 10.6 Å². The molecule has 0 bridgehead atoms. The van der Waals surface area contributed by atoms with Gasteiger partial charge in [0.05, 0.1) is 30.7 Å². The predicted molar refractivity (Wildman–Crippen MR) is 87.2 cm³/mol. The number of carbonyl (C=O) groups is 1. The lowest BCUT2D eigenvalue weighted by atomic mass is 10.1. The standard InChI is InChI=1S/C14H25N5O3S/c1-14(2,3)16-13(20)15-9-11-8-12-10-18(23(4,21)22)6-5-7-19(12)17-11/h8H,5-7,9-10H2,1-4H3,(H2,15,16,20). The van der Waals surface area contributed by atoms with Crippen molar-refractivity contribution in [3.05, 3.63) is 17.5 Å². The van der Waals surface area contributed by atoms with Crippen molar-refractivity contribution in [1.29, 1.82) is 0 Å². The summed E-state index contributed by atoms with van der Waals surface area (Å²) in [6, 6.07) is 1.60. The zero-order valence-electron chi connectivity index (χ0n) is 14.1. The van der Waals surface area contributed by atoms with Gasteiger partial charge >= 0.3 is 6.03 Å². The maximum absolute atomic E-state index is 11.8. The number of urea groups is 1. The van der Waals surface area contributed by atoms with Crippen molar-refractivity contribution in [3.8, 4) is 0 Å². The van der Waals surface area contributed by atoms with E-state index in [-0.39, 0.29) is 11.6 Å². The van der Waals surface area contributed by atoms with Gasteiger partial charge in [-0.25, -0.2) is 13.2 Å². The molecule has 2 amide bonds. The highest BCUT2D eigenvalue weighted by Crippen LogP contribution is 2.16. The first-order chi connectivity index (χ1) is 10.5. The Kier molecular flexibility index (Phi) is 5.00. The second kappa shape index (κ2) is 6.48. The van der Waals surface area contributed by atoms with Crippen LogP contribution >= 0.6 is 0 Å². The highest BCUT2D eigenvalue weighted by atomic mass is 32.2. The van der Waals surface area contributed by atoms with Gasteiger partial charge in [-0.15, -0.1) is 0 Å². The molecule has 23 heavy (non-hydrogen) atoms. The number of hydrogen-bond acceptors (Lipinski definition) is 4. The normalized spacial score (nSPS) is 16.5. The van der Waals surface area contributed by atoms with Crippen molar-refractivity contribution >= 4 is 16.1 Å². The summed E-state index contributed by atoms with van der Waals surface area (Å²) >= 11 is 0. The molecule has 2 N–H and O–H groups in total. The molecular formula is C14H25N5O3S. The van der Waals surface area contributed by atoms with Crippen LogP contribution in [-0.4, -0.2) is 46.9 Å². The Labute approximate surface area is 137 Å². The fraction of sp³-hybridized carbons (Fsp3) is 0.714. The summed E-state index contributed by atoms with van der Waals surface area (Å²) in [5.41, 5.74) is 1.27. The van der Waals surface area contributed by atoms with Crippen LogP contribution in [0.2, 0.25) is 0 Å². The number of carbonyl (C=O) groups excluding carboxylic acids is 1. The summed E-state index contributed by atoms with van der Waals surface area (Å²) in [5.74, 6) is 0. The Morgan fingerprint density at radius 3 is 2.65 bits per heavy atom. The molecule has 0 spiro atoms. The first-order valence-electron chi connectivity index (χ1n) is 7.61. The minimum absolute atomic E-state index is 0.251. The average molecular weight is 343 g/mol. The number of hydrogen-bond donors (Lipinski definition) is 2. The van der Waals surface area contributed by atoms with Crippen molar-refractivity contribution in [1.82, 2.24) is 24.7 Å². The molecule has 0 atom stereocenters. The van der Waals surface area contributed by atoms with Gasteiger partial charge in [0.1, 0.15) is 0 Å². The largest absolute Gasteiger partial charge is 0.334 e. The van der Waals surface area contributed by atoms with Gasteiger partial charge in [0.2, 0.25) is 10.0 Å². The zero-order valence-corrected chi connectivity index (χ0v) is 14.9. The third kappa shape index (κ3) is 5.21. The first kappa shape index (κ1) is 17.7. The lowest BCUT2D eigenvalue weighted by molar-refractivity contribution is 0.231. The van der Waals surface area contributed by atoms with Gasteiger partial charge in [0, 0.05) is 18.6 Å². The molecule has 0 aromatic carbocycles. The Morgan fingerprint density at radius 1 is 1.35 bits per heavy atom. The molecule has 0 fully saturated rings. The molecule has 0 saturated heterocycles. The van der Waals surface area contributed by atoms with Crippen molar-refractivity contribution in [3.63, 3.8) is 0 Å². The second-order valence-electron chi connectivity index (χ2n) is 6.86. The van der Waals surface area contributed by atoms with Crippen molar-refractivity contribution in [2.75, 3.05) is 12.8 Å². The molecule has 0 aliphatic carbocycles. The molecule has 0 unspecified atom stereocenters. The molecule has 1 aromatic rings. The van der Waals surface area contributed by atoms with E-state index in [2.05, 4.69) is 15.7 Å². The van der Waals surface area contributed by atoms with Crippen LogP contribution in [0, 0.1) is 0 Å². The van der Waals surface area contributed by atoms with Crippen LogP contribution in [0.4, 0.5) is 4.79 Å². The van der Waals surface area contributed by atoms with E-state index in [1.54, 1.807) is 0 Å². The van der Waals surface area contributed by atoms with Gasteiger partial charge in [0.25, 0.3) is 0 Å². The lowest BCUT2D eigenvalue weighted by Crippen LogP contribution is -2.46. The van der Waals surface area contributed by atoms with Crippen LogP contribution in [0.1, 0.15) is 38.6 Å². The smallest absolute Gasteiger partial charge is 0.315 e. The highest BCUT2D eigenvalue weighted by Gasteiger charge is 2.23. The topological polar surface area (TPSA) is 96.3 Å². The molecule has 1 aromatic heterocycles. The number of nitrogens with one attached hydrogen (secondary N) is 2. The first-order valence-corrected chi connectivity index (χ1v) is 9.46. The molecule has 1 aliphatic rings. The third-order valence-electron chi connectivity index (χ3n) is 3.42. The van der Waals surface area contributed by atoms with E-state index < -0.39 is 10.0 Å². The van der Waals surface area contributed by atoms with E-state index >= 15 is 0 Å². The fourth-order valence-electron chi connectivity index (χ4n) is 2.42. The quantitative estimate of drug-likeness (QED) is 0.842. The van der Waals surface area contributed by atoms with Crippen LogP contribution in [0.25, 0.3) is 0 Å². The number of fused-ring (bicyclic) bond motifs is 1. The fourth-order valence-corrected chi connectivity index (χ4v) is 3.25. The maximum atomic E-state index is 11.8. The number of nitrogens with zero attached hydrogens (tertiary/aromatic N) is 3. The monoisotopic (exact) mass is 343 g/mol. The molecule has 2 heterocycles. The van der Waals surface area contributed by atoms with E-state index in [4.69, 9.17) is 0 Å². The zero-order chi connectivity index (χ0) is 17.3. The predicted octanol–water partition coefficient (Wildman–Crippen LogP) is 0.646. The third-order valence-corrected chi connectivity index (χ3v) is 4.67. The van der Waals surface area contributed by atoms with Crippen LogP contribution in [0.3, 0.4) is 0 Å². The Hall–Kier alpha value is -1.61. The van der Waals surface area contributed by atoms with Gasteiger partial charge in [-0.2, -0.15) is 9.40 Å². The molecule has 8 nitrogen and oxygen atoms in total. The minimum atomic E-state index is -3.22. The molecule has 130 valence electrons. The summed E-state index contributed by atoms with van der Waals surface area (Å²) in [5, 5.41) is 10.0. The van der Waals surface area contributed by atoms with Crippen LogP contribution in [0.15, 0.2) is 6.07 Å². The van der Waals surface area contributed by atoms with E-state index in [1.165, 1.54) is 10.6 Å². The van der Waals surface area contributed by atoms with Crippen LogP contribution < -0.4 is 10.6 Å². The Balaban J connectivity index is 2.01. The summed E-state index contributed by atoms with van der Waals surface area (Å²) in [4.78, 5) is 11.8. The van der Waals surface area contributed by atoms with Crippen LogP contribution in [0.5, 0.6) is 0 Å². The van der Waals surface area contributed by atoms with Gasteiger partial charge in [-0.3, -0.25) is 4.68 Å². The Morgan fingerprint density at radius 2 is 2.04 bits per heavy atom. The number of aryl methyl sites for hydroxylation is 1. The summed E-state index contributed by atoms with van der Waals surface area (Å²) in [6.45, 7) is 7.53.